The number of rotatable bonds is 7. The Morgan fingerprint density at radius 1 is 1.30 bits per heavy atom. The number of ether oxygens (including phenoxy) is 1. The fourth-order valence-corrected chi connectivity index (χ4v) is 4.14. The van der Waals surface area contributed by atoms with Crippen LogP contribution in [0.25, 0.3) is 0 Å². The van der Waals surface area contributed by atoms with Crippen molar-refractivity contribution in [2.75, 3.05) is 6.61 Å². The number of aryl methyl sites for hydroxylation is 1. The van der Waals surface area contributed by atoms with Crippen molar-refractivity contribution >= 4 is 5.91 Å². The van der Waals surface area contributed by atoms with Gasteiger partial charge in [0.25, 0.3) is 0 Å². The lowest BCUT2D eigenvalue weighted by Crippen LogP contribution is -2.52. The van der Waals surface area contributed by atoms with Crippen LogP contribution < -0.4 is 5.32 Å². The molecule has 3 rings (SSSR count). The summed E-state index contributed by atoms with van der Waals surface area (Å²) in [5.74, 6) is 0.652. The van der Waals surface area contributed by atoms with E-state index in [-0.39, 0.29) is 36.7 Å². The highest BCUT2D eigenvalue weighted by molar-refractivity contribution is 5.79. The second-order valence-electron chi connectivity index (χ2n) is 8.36. The van der Waals surface area contributed by atoms with E-state index < -0.39 is 0 Å². The van der Waals surface area contributed by atoms with Crippen LogP contribution in [0.4, 0.5) is 0 Å². The van der Waals surface area contributed by atoms with Crippen LogP contribution in [0.2, 0.25) is 0 Å². The van der Waals surface area contributed by atoms with Crippen LogP contribution >= 0.6 is 0 Å². The molecule has 1 aliphatic carbocycles. The van der Waals surface area contributed by atoms with E-state index in [0.29, 0.717) is 5.92 Å². The third-order valence-electron chi connectivity index (χ3n) is 5.93. The van der Waals surface area contributed by atoms with Crippen molar-refractivity contribution in [1.29, 1.82) is 0 Å². The molecule has 27 heavy (non-hydrogen) atoms. The van der Waals surface area contributed by atoms with Gasteiger partial charge >= 0.3 is 0 Å². The second kappa shape index (κ2) is 9.64. The molecule has 1 amide bonds. The van der Waals surface area contributed by atoms with Crippen molar-refractivity contribution in [3.63, 3.8) is 0 Å². The molecule has 1 aromatic rings. The lowest BCUT2D eigenvalue weighted by atomic mass is 9.88. The van der Waals surface area contributed by atoms with Crippen molar-refractivity contribution in [2.45, 2.75) is 95.9 Å². The smallest absolute Gasteiger partial charge is 0.223 e. The highest BCUT2D eigenvalue weighted by Gasteiger charge is 2.33. The van der Waals surface area contributed by atoms with Crippen molar-refractivity contribution < 1.29 is 14.6 Å². The second-order valence-corrected chi connectivity index (χ2v) is 8.36. The fraction of sp³-hybridized carbons (Fsp3) is 0.850. The normalized spacial score (nSPS) is 27.0. The molecule has 2 aliphatic rings. The summed E-state index contributed by atoms with van der Waals surface area (Å²) in [5, 5.41) is 21.3. The van der Waals surface area contributed by atoms with Crippen LogP contribution in [0.5, 0.6) is 0 Å². The van der Waals surface area contributed by atoms with Crippen LogP contribution in [-0.4, -0.2) is 50.9 Å². The Hall–Kier alpha value is -1.47. The van der Waals surface area contributed by atoms with Gasteiger partial charge in [0.2, 0.25) is 5.91 Å². The molecule has 7 heteroatoms. The molecule has 2 heterocycles. The maximum atomic E-state index is 12.5. The monoisotopic (exact) mass is 378 g/mol. The number of aliphatic hydroxyl groups excluding tert-OH is 1. The standard InChI is InChI=1S/C20H34N4O3/c1-14(2)18-12-24(23-22-18)11-10-16-8-9-17(19(13-25)27-16)21-20(26)15-6-4-3-5-7-15/h12,14-17,19,25H,3-11,13H2,1-2H3,(H,21,26)/t16-,17+,19+/m1/s1. The first kappa shape index (κ1) is 20.3. The summed E-state index contributed by atoms with van der Waals surface area (Å²) < 4.78 is 7.95. The molecule has 3 atom stereocenters. The third kappa shape index (κ3) is 5.51. The first-order valence-electron chi connectivity index (χ1n) is 10.5. The van der Waals surface area contributed by atoms with Gasteiger partial charge in [0, 0.05) is 18.7 Å². The van der Waals surface area contributed by atoms with E-state index in [4.69, 9.17) is 4.74 Å². The van der Waals surface area contributed by atoms with E-state index >= 15 is 0 Å². The number of aromatic nitrogens is 3. The summed E-state index contributed by atoms with van der Waals surface area (Å²) in [6.45, 7) is 4.90. The number of nitrogens with one attached hydrogen (secondary N) is 1. The average molecular weight is 379 g/mol. The maximum Gasteiger partial charge on any atom is 0.223 e. The first-order chi connectivity index (χ1) is 13.1. The zero-order valence-corrected chi connectivity index (χ0v) is 16.6. The van der Waals surface area contributed by atoms with E-state index in [0.717, 1.165) is 57.2 Å². The van der Waals surface area contributed by atoms with Gasteiger partial charge in [-0.3, -0.25) is 9.48 Å². The molecule has 0 aromatic carbocycles. The van der Waals surface area contributed by atoms with E-state index in [2.05, 4.69) is 29.5 Å². The Kier molecular flexibility index (Phi) is 7.24. The zero-order chi connectivity index (χ0) is 19.2. The molecule has 1 aromatic heterocycles. The highest BCUT2D eigenvalue weighted by Crippen LogP contribution is 2.26. The molecule has 1 aliphatic heterocycles. The van der Waals surface area contributed by atoms with Gasteiger partial charge in [0.15, 0.2) is 0 Å². The molecule has 2 N–H and O–H groups in total. The van der Waals surface area contributed by atoms with Gasteiger partial charge in [-0.05, 0) is 38.0 Å². The summed E-state index contributed by atoms with van der Waals surface area (Å²) in [7, 11) is 0. The molecule has 0 spiro atoms. The minimum absolute atomic E-state index is 0.0626. The Balaban J connectivity index is 1.46. The van der Waals surface area contributed by atoms with Gasteiger partial charge < -0.3 is 15.2 Å². The Morgan fingerprint density at radius 3 is 2.74 bits per heavy atom. The Labute approximate surface area is 161 Å². The summed E-state index contributed by atoms with van der Waals surface area (Å²) in [6, 6.07) is -0.0837. The number of carbonyl (C=O) groups excluding carboxylic acids is 1. The summed E-state index contributed by atoms with van der Waals surface area (Å²) >= 11 is 0. The minimum atomic E-state index is -0.321. The van der Waals surface area contributed by atoms with Gasteiger partial charge in [-0.2, -0.15) is 0 Å². The minimum Gasteiger partial charge on any atom is -0.394 e. The van der Waals surface area contributed by atoms with Gasteiger partial charge in [-0.25, -0.2) is 0 Å². The van der Waals surface area contributed by atoms with E-state index in [1.54, 1.807) is 0 Å². The van der Waals surface area contributed by atoms with Gasteiger partial charge in [0.1, 0.15) is 6.10 Å². The Morgan fingerprint density at radius 2 is 2.07 bits per heavy atom. The largest absolute Gasteiger partial charge is 0.394 e. The van der Waals surface area contributed by atoms with Crippen LogP contribution in [0, 0.1) is 5.92 Å². The molecule has 1 saturated carbocycles. The summed E-state index contributed by atoms with van der Waals surface area (Å²) in [5.41, 5.74) is 0.998. The molecular formula is C20H34N4O3. The van der Waals surface area contributed by atoms with E-state index in [1.165, 1.54) is 6.42 Å². The fourth-order valence-electron chi connectivity index (χ4n) is 4.14. The summed E-state index contributed by atoms with van der Waals surface area (Å²) in [6.07, 6.45) is 9.82. The molecule has 152 valence electrons. The van der Waals surface area contributed by atoms with Crippen LogP contribution in [-0.2, 0) is 16.1 Å². The molecule has 2 fully saturated rings. The van der Waals surface area contributed by atoms with E-state index in [1.807, 2.05) is 10.9 Å². The lowest BCUT2D eigenvalue weighted by molar-refractivity contribution is -0.133. The quantitative estimate of drug-likeness (QED) is 0.760. The average Bonchev–Trinajstić information content (AvgIpc) is 3.17. The Bertz CT molecular complexity index is 598. The van der Waals surface area contributed by atoms with Gasteiger partial charge in [0.05, 0.1) is 24.4 Å². The van der Waals surface area contributed by atoms with Gasteiger partial charge in [-0.1, -0.05) is 38.3 Å². The predicted molar refractivity (Wildman–Crippen MR) is 102 cm³/mol. The van der Waals surface area contributed by atoms with E-state index in [9.17, 15) is 9.90 Å². The van der Waals surface area contributed by atoms with Crippen molar-refractivity contribution in [2.24, 2.45) is 5.92 Å². The number of hydrogen-bond donors (Lipinski definition) is 2. The lowest BCUT2D eigenvalue weighted by Gasteiger charge is -2.37. The van der Waals surface area contributed by atoms with Crippen molar-refractivity contribution in [1.82, 2.24) is 20.3 Å². The maximum absolute atomic E-state index is 12.5. The number of carbonyl (C=O) groups is 1. The number of hydrogen-bond acceptors (Lipinski definition) is 5. The molecule has 0 unspecified atom stereocenters. The first-order valence-corrected chi connectivity index (χ1v) is 10.5. The molecular weight excluding hydrogens is 344 g/mol. The van der Waals surface area contributed by atoms with Crippen LogP contribution in [0.1, 0.15) is 76.8 Å². The van der Waals surface area contributed by atoms with Gasteiger partial charge in [-0.15, -0.1) is 5.10 Å². The highest BCUT2D eigenvalue weighted by atomic mass is 16.5. The van der Waals surface area contributed by atoms with Crippen LogP contribution in [0.15, 0.2) is 6.20 Å². The molecule has 7 nitrogen and oxygen atoms in total. The van der Waals surface area contributed by atoms with Crippen molar-refractivity contribution in [3.8, 4) is 0 Å². The molecule has 0 bridgehead atoms. The zero-order valence-electron chi connectivity index (χ0n) is 16.6. The van der Waals surface area contributed by atoms with Crippen LogP contribution in [0.3, 0.4) is 0 Å². The molecule has 0 radical (unpaired) electrons. The number of nitrogens with zero attached hydrogens (tertiary/aromatic N) is 3. The SMILES string of the molecule is CC(C)c1cn(CC[C@H]2CC[C@H](NC(=O)C3CCCCC3)[C@H](CO)O2)nn1. The topological polar surface area (TPSA) is 89.3 Å². The van der Waals surface area contributed by atoms with Crippen molar-refractivity contribution in [3.05, 3.63) is 11.9 Å². The number of amides is 1. The number of aliphatic hydroxyl groups is 1. The predicted octanol–water partition coefficient (Wildman–Crippen LogP) is 2.40. The summed E-state index contributed by atoms with van der Waals surface area (Å²) in [4.78, 5) is 12.5. The third-order valence-corrected chi connectivity index (χ3v) is 5.93. The molecule has 1 saturated heterocycles.